The Morgan fingerprint density at radius 2 is 2.33 bits per heavy atom. The molecule has 0 aliphatic rings. The average molecular weight is 168 g/mol. The molecule has 4 heteroatoms. The Hall–Kier alpha value is -1.45. The highest BCUT2D eigenvalue weighted by atomic mass is 16.4. The molecular formula is C8H12N2O2. The molecule has 1 aromatic heterocycles. The van der Waals surface area contributed by atoms with Gasteiger partial charge in [-0.3, -0.25) is 0 Å². The number of hydrogen-bond acceptors (Lipinski definition) is 3. The van der Waals surface area contributed by atoms with Gasteiger partial charge in [-0.1, -0.05) is 19.0 Å². The lowest BCUT2D eigenvalue weighted by Crippen LogP contribution is -2.14. The van der Waals surface area contributed by atoms with Gasteiger partial charge in [-0.15, -0.1) is 0 Å². The fourth-order valence-corrected chi connectivity index (χ4v) is 1.03. The van der Waals surface area contributed by atoms with Gasteiger partial charge in [-0.25, -0.2) is 0 Å². The topological polar surface area (TPSA) is 71.8 Å². The lowest BCUT2D eigenvalue weighted by atomic mass is 10.0. The minimum absolute atomic E-state index is 0.0173. The zero-order chi connectivity index (χ0) is 9.14. The second-order valence-corrected chi connectivity index (χ2v) is 2.85. The van der Waals surface area contributed by atoms with Gasteiger partial charge in [0.1, 0.15) is 0 Å². The molecule has 0 unspecified atom stereocenters. The van der Waals surface area contributed by atoms with Crippen LogP contribution in [0, 0.1) is 0 Å². The van der Waals surface area contributed by atoms with E-state index in [-0.39, 0.29) is 5.84 Å². The third kappa shape index (κ3) is 1.42. The summed E-state index contributed by atoms with van der Waals surface area (Å²) in [6.45, 7) is 4.03. The molecule has 0 aliphatic carbocycles. The van der Waals surface area contributed by atoms with E-state index in [0.717, 1.165) is 5.56 Å². The number of rotatable bonds is 2. The molecule has 0 aliphatic heterocycles. The molecule has 12 heavy (non-hydrogen) atoms. The molecule has 0 fully saturated rings. The minimum atomic E-state index is 0.0173. The van der Waals surface area contributed by atoms with Crippen molar-refractivity contribution in [3.05, 3.63) is 23.7 Å². The van der Waals surface area contributed by atoms with Crippen LogP contribution in [0.2, 0.25) is 0 Å². The average Bonchev–Trinajstić information content (AvgIpc) is 2.50. The lowest BCUT2D eigenvalue weighted by Gasteiger charge is -2.02. The second-order valence-electron chi connectivity index (χ2n) is 2.85. The fraction of sp³-hybridized carbons (Fsp3) is 0.375. The van der Waals surface area contributed by atoms with Crippen molar-refractivity contribution in [1.82, 2.24) is 0 Å². The first-order valence-corrected chi connectivity index (χ1v) is 3.72. The molecule has 0 aromatic carbocycles. The summed E-state index contributed by atoms with van der Waals surface area (Å²) in [6.07, 6.45) is 1.53. The van der Waals surface area contributed by atoms with E-state index in [1.54, 1.807) is 0 Å². The van der Waals surface area contributed by atoms with Gasteiger partial charge in [0.25, 0.3) is 0 Å². The Kier molecular flexibility index (Phi) is 2.38. The molecule has 66 valence electrons. The van der Waals surface area contributed by atoms with Crippen LogP contribution in [-0.4, -0.2) is 11.0 Å². The fourth-order valence-electron chi connectivity index (χ4n) is 1.03. The van der Waals surface area contributed by atoms with Crippen LogP contribution in [0.25, 0.3) is 0 Å². The summed E-state index contributed by atoms with van der Waals surface area (Å²) >= 11 is 0. The van der Waals surface area contributed by atoms with Crippen molar-refractivity contribution >= 4 is 5.84 Å². The lowest BCUT2D eigenvalue weighted by molar-refractivity contribution is 0.317. The molecule has 4 nitrogen and oxygen atoms in total. The summed E-state index contributed by atoms with van der Waals surface area (Å²) in [7, 11) is 0. The monoisotopic (exact) mass is 168 g/mol. The SMILES string of the molecule is CC(C)c1ccoc1/C(N)=N/O. The van der Waals surface area contributed by atoms with Crippen LogP contribution in [0.5, 0.6) is 0 Å². The van der Waals surface area contributed by atoms with Gasteiger partial charge in [0.2, 0.25) is 5.84 Å². The predicted octanol–water partition coefficient (Wildman–Crippen LogP) is 1.50. The first-order chi connectivity index (χ1) is 5.66. The van der Waals surface area contributed by atoms with Gasteiger partial charge in [-0.2, -0.15) is 0 Å². The van der Waals surface area contributed by atoms with Crippen LogP contribution >= 0.6 is 0 Å². The van der Waals surface area contributed by atoms with Crippen LogP contribution in [0.3, 0.4) is 0 Å². The van der Waals surface area contributed by atoms with Crippen molar-refractivity contribution in [3.63, 3.8) is 0 Å². The van der Waals surface area contributed by atoms with Crippen molar-refractivity contribution in [1.29, 1.82) is 0 Å². The molecule has 1 heterocycles. The maximum Gasteiger partial charge on any atom is 0.206 e. The summed E-state index contributed by atoms with van der Waals surface area (Å²) in [6, 6.07) is 1.82. The number of oxime groups is 1. The van der Waals surface area contributed by atoms with Crippen molar-refractivity contribution in [3.8, 4) is 0 Å². The van der Waals surface area contributed by atoms with Gasteiger partial charge in [0.05, 0.1) is 6.26 Å². The van der Waals surface area contributed by atoms with E-state index in [9.17, 15) is 0 Å². The van der Waals surface area contributed by atoms with E-state index in [2.05, 4.69) is 5.16 Å². The Labute approximate surface area is 70.7 Å². The Morgan fingerprint density at radius 3 is 2.83 bits per heavy atom. The summed E-state index contributed by atoms with van der Waals surface area (Å²) < 4.78 is 5.06. The highest BCUT2D eigenvalue weighted by Crippen LogP contribution is 2.19. The van der Waals surface area contributed by atoms with Gasteiger partial charge in [-0.05, 0) is 12.0 Å². The standard InChI is InChI=1S/C8H12N2O2/c1-5(2)6-3-4-12-7(6)8(9)10-11/h3-5,11H,1-2H3,(H2,9,10). The number of furan rings is 1. The van der Waals surface area contributed by atoms with Gasteiger partial charge < -0.3 is 15.4 Å². The Morgan fingerprint density at radius 1 is 1.67 bits per heavy atom. The molecule has 0 saturated heterocycles. The summed E-state index contributed by atoms with van der Waals surface area (Å²) in [4.78, 5) is 0. The van der Waals surface area contributed by atoms with Gasteiger partial charge in [0, 0.05) is 5.56 Å². The summed E-state index contributed by atoms with van der Waals surface area (Å²) in [5.41, 5.74) is 6.33. The van der Waals surface area contributed by atoms with Crippen molar-refractivity contribution < 1.29 is 9.62 Å². The van der Waals surface area contributed by atoms with Crippen LogP contribution in [-0.2, 0) is 0 Å². The van der Waals surface area contributed by atoms with Gasteiger partial charge in [0.15, 0.2) is 5.76 Å². The third-order valence-electron chi connectivity index (χ3n) is 1.66. The molecule has 0 amide bonds. The molecular weight excluding hydrogens is 156 g/mol. The highest BCUT2D eigenvalue weighted by molar-refractivity contribution is 5.95. The first kappa shape index (κ1) is 8.64. The molecule has 0 saturated carbocycles. The molecule has 1 rings (SSSR count). The van der Waals surface area contributed by atoms with Crippen molar-refractivity contribution in [2.45, 2.75) is 19.8 Å². The normalized spacial score (nSPS) is 12.4. The van der Waals surface area contributed by atoms with E-state index >= 15 is 0 Å². The summed E-state index contributed by atoms with van der Waals surface area (Å²) in [5.74, 6) is 0.773. The molecule has 1 aromatic rings. The number of nitrogens with two attached hydrogens (primary N) is 1. The van der Waals surface area contributed by atoms with E-state index < -0.39 is 0 Å². The minimum Gasteiger partial charge on any atom is -0.461 e. The summed E-state index contributed by atoms with van der Waals surface area (Å²) in [5, 5.41) is 11.3. The molecule has 3 N–H and O–H groups in total. The quantitative estimate of drug-likeness (QED) is 0.304. The maximum atomic E-state index is 8.42. The van der Waals surface area contributed by atoms with Gasteiger partial charge >= 0.3 is 0 Å². The maximum absolute atomic E-state index is 8.42. The zero-order valence-corrected chi connectivity index (χ0v) is 7.11. The van der Waals surface area contributed by atoms with Crippen LogP contribution in [0.4, 0.5) is 0 Å². The van der Waals surface area contributed by atoms with Crippen LogP contribution in [0.15, 0.2) is 21.9 Å². The molecule has 0 bridgehead atoms. The zero-order valence-electron chi connectivity index (χ0n) is 7.11. The molecule has 0 atom stereocenters. The highest BCUT2D eigenvalue weighted by Gasteiger charge is 2.13. The van der Waals surface area contributed by atoms with Crippen LogP contribution < -0.4 is 5.73 Å². The second kappa shape index (κ2) is 3.30. The number of amidine groups is 1. The number of nitrogens with zero attached hydrogens (tertiary/aromatic N) is 1. The number of hydrogen-bond donors (Lipinski definition) is 2. The van der Waals surface area contributed by atoms with E-state index in [1.165, 1.54) is 6.26 Å². The largest absolute Gasteiger partial charge is 0.461 e. The predicted molar refractivity (Wildman–Crippen MR) is 45.3 cm³/mol. The Bertz CT molecular complexity index is 289. The van der Waals surface area contributed by atoms with Crippen LogP contribution in [0.1, 0.15) is 31.1 Å². The van der Waals surface area contributed by atoms with Crippen molar-refractivity contribution in [2.75, 3.05) is 0 Å². The molecule has 0 spiro atoms. The van der Waals surface area contributed by atoms with E-state index in [4.69, 9.17) is 15.4 Å². The first-order valence-electron chi connectivity index (χ1n) is 3.72. The smallest absolute Gasteiger partial charge is 0.206 e. The van der Waals surface area contributed by atoms with E-state index in [0.29, 0.717) is 11.7 Å². The third-order valence-corrected chi connectivity index (χ3v) is 1.66. The Balaban J connectivity index is 3.07. The van der Waals surface area contributed by atoms with Crippen molar-refractivity contribution in [2.24, 2.45) is 10.9 Å². The van der Waals surface area contributed by atoms with E-state index in [1.807, 2.05) is 19.9 Å². The molecule has 0 radical (unpaired) electrons.